The predicted molar refractivity (Wildman–Crippen MR) is 64.6 cm³/mol. The fraction of sp³-hybridized carbons (Fsp3) is 1.00. The Morgan fingerprint density at radius 1 is 1.00 bits per heavy atom. The summed E-state index contributed by atoms with van der Waals surface area (Å²) in [6.07, 6.45) is 9.19. The van der Waals surface area contributed by atoms with Crippen LogP contribution in [-0.2, 0) is 0 Å². The van der Waals surface area contributed by atoms with Crippen molar-refractivity contribution >= 4 is 25.3 Å². The van der Waals surface area contributed by atoms with Gasteiger partial charge in [-0.05, 0) is 25.0 Å². The van der Waals surface area contributed by atoms with Gasteiger partial charge in [0.15, 0.2) is 0 Å². The second kappa shape index (κ2) is 9.79. The molecule has 0 saturated carbocycles. The molecule has 0 amide bonds. The van der Waals surface area contributed by atoms with Crippen molar-refractivity contribution < 1.29 is 0 Å². The quantitative estimate of drug-likeness (QED) is 0.436. The molecule has 0 radical (unpaired) electrons. The molecule has 0 nitrogen and oxygen atoms in total. The zero-order chi connectivity index (χ0) is 9.23. The van der Waals surface area contributed by atoms with E-state index in [0.29, 0.717) is 5.25 Å². The Morgan fingerprint density at radius 3 is 2.25 bits per heavy atom. The molecule has 0 aromatic heterocycles. The molecule has 0 N–H and O–H groups in total. The molecule has 0 rings (SSSR count). The summed E-state index contributed by atoms with van der Waals surface area (Å²) in [5.74, 6) is 1.01. The minimum Gasteiger partial charge on any atom is -0.179 e. The Hall–Kier alpha value is 0.700. The lowest BCUT2D eigenvalue weighted by Crippen LogP contribution is -1.98. The lowest BCUT2D eigenvalue weighted by molar-refractivity contribution is 0.598. The van der Waals surface area contributed by atoms with E-state index in [0.717, 1.165) is 5.75 Å². The molecular weight excluding hydrogens is 184 g/mol. The zero-order valence-electron chi connectivity index (χ0n) is 8.13. The lowest BCUT2D eigenvalue weighted by Gasteiger charge is -2.08. The van der Waals surface area contributed by atoms with Crippen molar-refractivity contribution in [3.05, 3.63) is 0 Å². The highest BCUT2D eigenvalue weighted by molar-refractivity contribution is 7.81. The number of hydrogen-bond acceptors (Lipinski definition) is 2. The first kappa shape index (κ1) is 12.7. The molecule has 74 valence electrons. The SMILES string of the molecule is CCCCCCC(S)CCCS. The normalized spacial score (nSPS) is 13.2. The standard InChI is InChI=1S/C10H22S2/c1-2-3-4-5-7-10(12)8-6-9-11/h10-12H,2-9H2,1H3. The summed E-state index contributed by atoms with van der Waals surface area (Å²) in [5, 5.41) is 0.619. The van der Waals surface area contributed by atoms with Crippen LogP contribution in [0.5, 0.6) is 0 Å². The van der Waals surface area contributed by atoms with E-state index in [9.17, 15) is 0 Å². The second-order valence-electron chi connectivity index (χ2n) is 3.37. The van der Waals surface area contributed by atoms with Crippen molar-refractivity contribution in [2.24, 2.45) is 0 Å². The summed E-state index contributed by atoms with van der Waals surface area (Å²) in [4.78, 5) is 0. The Kier molecular flexibility index (Phi) is 10.4. The summed E-state index contributed by atoms with van der Waals surface area (Å²) in [5.41, 5.74) is 0. The summed E-state index contributed by atoms with van der Waals surface area (Å²) >= 11 is 8.72. The van der Waals surface area contributed by atoms with E-state index in [1.807, 2.05) is 0 Å². The molecule has 0 fully saturated rings. The van der Waals surface area contributed by atoms with Crippen LogP contribution in [0.2, 0.25) is 0 Å². The van der Waals surface area contributed by atoms with Crippen LogP contribution < -0.4 is 0 Å². The summed E-state index contributed by atoms with van der Waals surface area (Å²) in [7, 11) is 0. The average molecular weight is 206 g/mol. The first-order valence-corrected chi connectivity index (χ1v) is 6.25. The van der Waals surface area contributed by atoms with Crippen molar-refractivity contribution in [1.82, 2.24) is 0 Å². The number of rotatable bonds is 8. The molecule has 2 heteroatoms. The second-order valence-corrected chi connectivity index (χ2v) is 4.55. The Morgan fingerprint density at radius 2 is 1.67 bits per heavy atom. The topological polar surface area (TPSA) is 0 Å². The van der Waals surface area contributed by atoms with Gasteiger partial charge in [-0.3, -0.25) is 0 Å². The van der Waals surface area contributed by atoms with Gasteiger partial charge in [-0.2, -0.15) is 25.3 Å². The van der Waals surface area contributed by atoms with Crippen molar-refractivity contribution in [2.45, 2.75) is 57.1 Å². The zero-order valence-corrected chi connectivity index (χ0v) is 9.92. The van der Waals surface area contributed by atoms with E-state index in [1.54, 1.807) is 0 Å². The maximum atomic E-state index is 4.53. The lowest BCUT2D eigenvalue weighted by atomic mass is 10.1. The Bertz CT molecular complexity index is 83.9. The fourth-order valence-electron chi connectivity index (χ4n) is 1.28. The minimum atomic E-state index is 0.619. The molecule has 0 heterocycles. The smallest absolute Gasteiger partial charge is 0.00171 e. The van der Waals surface area contributed by atoms with Crippen LogP contribution in [0.15, 0.2) is 0 Å². The first-order chi connectivity index (χ1) is 5.81. The van der Waals surface area contributed by atoms with Gasteiger partial charge in [0.25, 0.3) is 0 Å². The molecule has 0 aromatic rings. The fourth-order valence-corrected chi connectivity index (χ4v) is 1.83. The monoisotopic (exact) mass is 206 g/mol. The largest absolute Gasteiger partial charge is 0.179 e. The van der Waals surface area contributed by atoms with Gasteiger partial charge in [-0.15, -0.1) is 0 Å². The summed E-state index contributed by atoms with van der Waals surface area (Å²) < 4.78 is 0. The van der Waals surface area contributed by atoms with E-state index in [4.69, 9.17) is 0 Å². The van der Waals surface area contributed by atoms with Crippen molar-refractivity contribution in [1.29, 1.82) is 0 Å². The van der Waals surface area contributed by atoms with Crippen LogP contribution in [0.1, 0.15) is 51.9 Å². The number of hydrogen-bond donors (Lipinski definition) is 2. The molecule has 0 aliphatic heterocycles. The van der Waals surface area contributed by atoms with Gasteiger partial charge in [0.1, 0.15) is 0 Å². The number of thiol groups is 2. The molecule has 0 saturated heterocycles. The van der Waals surface area contributed by atoms with Gasteiger partial charge in [0, 0.05) is 5.25 Å². The molecule has 12 heavy (non-hydrogen) atoms. The van der Waals surface area contributed by atoms with Crippen LogP contribution in [-0.4, -0.2) is 11.0 Å². The minimum absolute atomic E-state index is 0.619. The third-order valence-corrected chi connectivity index (χ3v) is 2.92. The van der Waals surface area contributed by atoms with Crippen molar-refractivity contribution in [3.8, 4) is 0 Å². The van der Waals surface area contributed by atoms with Gasteiger partial charge in [0.2, 0.25) is 0 Å². The van der Waals surface area contributed by atoms with E-state index in [-0.39, 0.29) is 0 Å². The Balaban J connectivity index is 3.02. The van der Waals surface area contributed by atoms with Crippen molar-refractivity contribution in [3.63, 3.8) is 0 Å². The molecule has 1 unspecified atom stereocenters. The highest BCUT2D eigenvalue weighted by atomic mass is 32.1. The van der Waals surface area contributed by atoms with Gasteiger partial charge in [-0.25, -0.2) is 0 Å². The summed E-state index contributed by atoms with van der Waals surface area (Å²) in [6, 6.07) is 0. The van der Waals surface area contributed by atoms with Crippen LogP contribution in [0.25, 0.3) is 0 Å². The third-order valence-electron chi connectivity index (χ3n) is 2.09. The first-order valence-electron chi connectivity index (χ1n) is 5.10. The van der Waals surface area contributed by atoms with E-state index >= 15 is 0 Å². The third kappa shape index (κ3) is 8.79. The molecular formula is C10H22S2. The van der Waals surface area contributed by atoms with Gasteiger partial charge >= 0.3 is 0 Å². The van der Waals surface area contributed by atoms with Gasteiger partial charge in [0.05, 0.1) is 0 Å². The van der Waals surface area contributed by atoms with Crippen LogP contribution in [0.3, 0.4) is 0 Å². The van der Waals surface area contributed by atoms with Crippen LogP contribution in [0.4, 0.5) is 0 Å². The molecule has 0 bridgehead atoms. The number of unbranched alkanes of at least 4 members (excludes halogenated alkanes) is 3. The highest BCUT2D eigenvalue weighted by Gasteiger charge is 2.01. The average Bonchev–Trinajstić information content (AvgIpc) is 2.09. The predicted octanol–water partition coefficient (Wildman–Crippen LogP) is 3.97. The Labute approximate surface area is 88.3 Å². The molecule has 0 aliphatic carbocycles. The van der Waals surface area contributed by atoms with E-state index < -0.39 is 0 Å². The maximum absolute atomic E-state index is 4.53. The molecule has 0 spiro atoms. The van der Waals surface area contributed by atoms with Gasteiger partial charge in [-0.1, -0.05) is 32.6 Å². The molecule has 0 aliphatic rings. The highest BCUT2D eigenvalue weighted by Crippen LogP contribution is 2.14. The molecule has 1 atom stereocenters. The summed E-state index contributed by atoms with van der Waals surface area (Å²) in [6.45, 7) is 2.25. The maximum Gasteiger partial charge on any atom is 0.00171 e. The molecule has 0 aromatic carbocycles. The van der Waals surface area contributed by atoms with Crippen LogP contribution in [0, 0.1) is 0 Å². The van der Waals surface area contributed by atoms with Crippen molar-refractivity contribution in [2.75, 3.05) is 5.75 Å². The van der Waals surface area contributed by atoms with Gasteiger partial charge < -0.3 is 0 Å². The van der Waals surface area contributed by atoms with Crippen LogP contribution >= 0.6 is 25.3 Å². The van der Waals surface area contributed by atoms with E-state index in [1.165, 1.54) is 44.9 Å². The van der Waals surface area contributed by atoms with E-state index in [2.05, 4.69) is 32.2 Å².